The van der Waals surface area contributed by atoms with E-state index in [-0.39, 0.29) is 5.69 Å². The number of anilines is 1. The first-order chi connectivity index (χ1) is 11.3. The van der Waals surface area contributed by atoms with Crippen molar-refractivity contribution < 1.29 is 0 Å². The van der Waals surface area contributed by atoms with E-state index in [9.17, 15) is 4.79 Å². The molecule has 114 valence electrons. The second-order valence-corrected chi connectivity index (χ2v) is 5.19. The number of imidazole rings is 2. The van der Waals surface area contributed by atoms with Crippen LogP contribution in [-0.4, -0.2) is 24.9 Å². The van der Waals surface area contributed by atoms with Gasteiger partial charge >= 0.3 is 5.69 Å². The zero-order chi connectivity index (χ0) is 15.6. The molecule has 0 fully saturated rings. The van der Waals surface area contributed by atoms with Gasteiger partial charge in [-0.05, 0) is 23.8 Å². The molecule has 23 heavy (non-hydrogen) atoms. The van der Waals surface area contributed by atoms with Crippen molar-refractivity contribution in [1.82, 2.24) is 24.9 Å². The maximum atomic E-state index is 11.3. The summed E-state index contributed by atoms with van der Waals surface area (Å²) in [5, 5.41) is 3.28. The molecule has 7 heteroatoms. The highest BCUT2D eigenvalue weighted by Crippen LogP contribution is 2.24. The average Bonchev–Trinajstić information content (AvgIpc) is 3.20. The molecule has 7 nitrogen and oxygen atoms in total. The van der Waals surface area contributed by atoms with Crippen LogP contribution >= 0.6 is 0 Å². The molecule has 0 aliphatic carbocycles. The summed E-state index contributed by atoms with van der Waals surface area (Å²) in [5.41, 5.74) is 4.23. The Kier molecular flexibility index (Phi) is 3.16. The van der Waals surface area contributed by atoms with E-state index in [0.717, 1.165) is 33.7 Å². The molecular formula is C16H14N6O. The number of fused-ring (bicyclic) bond motifs is 1. The summed E-state index contributed by atoms with van der Waals surface area (Å²) in [7, 11) is 0. The number of benzene rings is 1. The first kappa shape index (κ1) is 13.3. The summed E-state index contributed by atoms with van der Waals surface area (Å²) in [6, 6.07) is 7.79. The summed E-state index contributed by atoms with van der Waals surface area (Å²) in [4.78, 5) is 28.3. The Bertz CT molecular complexity index is 999. The van der Waals surface area contributed by atoms with Crippen LogP contribution in [-0.2, 0) is 6.54 Å². The largest absolute Gasteiger partial charge is 0.377 e. The van der Waals surface area contributed by atoms with Crippen molar-refractivity contribution in [3.05, 3.63) is 65.4 Å². The molecule has 0 aliphatic heterocycles. The number of aromatic nitrogens is 5. The molecule has 4 aromatic rings. The molecule has 4 N–H and O–H groups in total. The van der Waals surface area contributed by atoms with E-state index in [1.165, 1.54) is 0 Å². The molecule has 0 atom stereocenters. The van der Waals surface area contributed by atoms with Crippen LogP contribution in [0.15, 0.2) is 53.8 Å². The number of aromatic amines is 3. The molecule has 3 heterocycles. The molecule has 0 bridgehead atoms. The van der Waals surface area contributed by atoms with Crippen LogP contribution in [0.25, 0.3) is 22.2 Å². The number of hydrogen-bond donors (Lipinski definition) is 4. The minimum Gasteiger partial charge on any atom is -0.377 e. The van der Waals surface area contributed by atoms with Crippen molar-refractivity contribution in [2.24, 2.45) is 0 Å². The summed E-state index contributed by atoms with van der Waals surface area (Å²) >= 11 is 0. The highest BCUT2D eigenvalue weighted by molar-refractivity contribution is 5.81. The molecule has 0 saturated carbocycles. The van der Waals surface area contributed by atoms with Gasteiger partial charge in [0.1, 0.15) is 5.82 Å². The van der Waals surface area contributed by atoms with E-state index in [2.05, 4.69) is 30.2 Å². The van der Waals surface area contributed by atoms with Gasteiger partial charge in [-0.25, -0.2) is 9.78 Å². The first-order valence-electron chi connectivity index (χ1n) is 7.17. The number of pyridine rings is 1. The Balaban J connectivity index is 1.62. The Hall–Kier alpha value is -3.35. The fourth-order valence-corrected chi connectivity index (χ4v) is 2.49. The molecule has 0 amide bonds. The van der Waals surface area contributed by atoms with E-state index < -0.39 is 0 Å². The topological polar surface area (TPSA) is 102 Å². The molecular weight excluding hydrogens is 292 g/mol. The summed E-state index contributed by atoms with van der Waals surface area (Å²) < 4.78 is 0. The van der Waals surface area contributed by atoms with Crippen LogP contribution in [0.1, 0.15) is 5.82 Å². The molecule has 3 aromatic heterocycles. The van der Waals surface area contributed by atoms with Gasteiger partial charge in [0.2, 0.25) is 0 Å². The lowest BCUT2D eigenvalue weighted by atomic mass is 10.1. The zero-order valence-corrected chi connectivity index (χ0v) is 12.1. The highest BCUT2D eigenvalue weighted by Gasteiger charge is 2.04. The molecule has 1 aromatic carbocycles. The SMILES string of the molecule is O=c1[nH]c2ccc(-c3cncc(NCc4ncc[nH]4)c3)cc2[nH]1. The Labute approximate surface area is 130 Å². The quantitative estimate of drug-likeness (QED) is 0.464. The first-order valence-corrected chi connectivity index (χ1v) is 7.17. The standard InChI is InChI=1S/C16H14N6O/c23-16-21-13-2-1-10(6-14(13)22-16)11-5-12(8-17-7-11)20-9-15-18-3-4-19-15/h1-8,20H,9H2,(H,18,19)(H2,21,22,23). The number of H-pyrrole nitrogens is 3. The van der Waals surface area contributed by atoms with Crippen LogP contribution in [0.2, 0.25) is 0 Å². The summed E-state index contributed by atoms with van der Waals surface area (Å²) in [5.74, 6) is 0.863. The van der Waals surface area contributed by atoms with Crippen LogP contribution in [0.5, 0.6) is 0 Å². The fourth-order valence-electron chi connectivity index (χ4n) is 2.49. The highest BCUT2D eigenvalue weighted by atomic mass is 16.1. The number of nitrogens with zero attached hydrogens (tertiary/aromatic N) is 2. The Morgan fingerprint density at radius 1 is 1.04 bits per heavy atom. The zero-order valence-electron chi connectivity index (χ0n) is 12.1. The van der Waals surface area contributed by atoms with Gasteiger partial charge in [-0.2, -0.15) is 0 Å². The van der Waals surface area contributed by atoms with Gasteiger partial charge < -0.3 is 20.3 Å². The van der Waals surface area contributed by atoms with Crippen molar-refractivity contribution in [1.29, 1.82) is 0 Å². The van der Waals surface area contributed by atoms with Gasteiger partial charge in [0.15, 0.2) is 0 Å². The summed E-state index contributed by atoms with van der Waals surface area (Å²) in [6.45, 7) is 0.600. The van der Waals surface area contributed by atoms with Crippen molar-refractivity contribution in [3.63, 3.8) is 0 Å². The number of rotatable bonds is 4. The summed E-state index contributed by atoms with van der Waals surface area (Å²) in [6.07, 6.45) is 7.07. The average molecular weight is 306 g/mol. The van der Waals surface area contributed by atoms with Gasteiger partial charge in [0.05, 0.1) is 23.3 Å². The third-order valence-corrected chi connectivity index (χ3v) is 3.60. The van der Waals surface area contributed by atoms with Crippen LogP contribution < -0.4 is 11.0 Å². The van der Waals surface area contributed by atoms with Gasteiger partial charge in [0, 0.05) is 30.4 Å². The van der Waals surface area contributed by atoms with E-state index in [1.807, 2.05) is 24.3 Å². The van der Waals surface area contributed by atoms with E-state index in [0.29, 0.717) is 6.54 Å². The molecule has 0 saturated heterocycles. The minimum atomic E-state index is -0.204. The van der Waals surface area contributed by atoms with Gasteiger partial charge in [-0.15, -0.1) is 0 Å². The van der Waals surface area contributed by atoms with Gasteiger partial charge in [-0.1, -0.05) is 6.07 Å². The number of hydrogen-bond acceptors (Lipinski definition) is 4. The minimum absolute atomic E-state index is 0.204. The van der Waals surface area contributed by atoms with Crippen molar-refractivity contribution in [2.75, 3.05) is 5.32 Å². The maximum absolute atomic E-state index is 11.3. The molecule has 0 spiro atoms. The maximum Gasteiger partial charge on any atom is 0.323 e. The van der Waals surface area contributed by atoms with Gasteiger partial charge in [-0.3, -0.25) is 4.98 Å². The second-order valence-electron chi connectivity index (χ2n) is 5.19. The Morgan fingerprint density at radius 2 is 1.96 bits per heavy atom. The predicted octanol–water partition coefficient (Wildman–Crippen LogP) is 2.25. The van der Waals surface area contributed by atoms with Crippen LogP contribution in [0.4, 0.5) is 5.69 Å². The normalized spacial score (nSPS) is 11.0. The van der Waals surface area contributed by atoms with E-state index >= 15 is 0 Å². The molecule has 0 aliphatic rings. The molecule has 0 radical (unpaired) electrons. The third kappa shape index (κ3) is 2.71. The fraction of sp³-hybridized carbons (Fsp3) is 0.0625. The van der Waals surface area contributed by atoms with Crippen molar-refractivity contribution in [2.45, 2.75) is 6.54 Å². The van der Waals surface area contributed by atoms with Crippen LogP contribution in [0.3, 0.4) is 0 Å². The number of nitrogens with one attached hydrogen (secondary N) is 4. The van der Waals surface area contributed by atoms with Crippen molar-refractivity contribution in [3.8, 4) is 11.1 Å². The lowest BCUT2D eigenvalue weighted by Gasteiger charge is -2.07. The van der Waals surface area contributed by atoms with Crippen LogP contribution in [0, 0.1) is 0 Å². The smallest absolute Gasteiger partial charge is 0.323 e. The Morgan fingerprint density at radius 3 is 2.83 bits per heavy atom. The molecule has 4 rings (SSSR count). The third-order valence-electron chi connectivity index (χ3n) is 3.60. The monoisotopic (exact) mass is 306 g/mol. The second kappa shape index (κ2) is 5.45. The van der Waals surface area contributed by atoms with E-state index in [4.69, 9.17) is 0 Å². The van der Waals surface area contributed by atoms with Crippen molar-refractivity contribution >= 4 is 16.7 Å². The van der Waals surface area contributed by atoms with Gasteiger partial charge in [0.25, 0.3) is 0 Å². The lowest BCUT2D eigenvalue weighted by Crippen LogP contribution is -2.01. The lowest BCUT2D eigenvalue weighted by molar-refractivity contribution is 0.998. The molecule has 0 unspecified atom stereocenters. The van der Waals surface area contributed by atoms with E-state index in [1.54, 1.807) is 24.8 Å². The predicted molar refractivity (Wildman–Crippen MR) is 88.1 cm³/mol.